The van der Waals surface area contributed by atoms with Gasteiger partial charge in [0.15, 0.2) is 0 Å². The van der Waals surface area contributed by atoms with E-state index in [-0.39, 0.29) is 72.0 Å². The van der Waals surface area contributed by atoms with E-state index in [1.165, 1.54) is 20.3 Å². The number of carbonyl (C=O) groups is 5. The van der Waals surface area contributed by atoms with Crippen LogP contribution in [0, 0.1) is 5.41 Å². The first-order valence-corrected chi connectivity index (χ1v) is 12.6. The SMILES string of the molecule is CC(C)(CC(=O)O)C(C(=O)O)N1CCN(CC(=O)O)CCN(CC(=O)O)CCN(CC(=O)O)CC1.CCC. The third-order valence-electron chi connectivity index (χ3n) is 5.89. The molecule has 0 saturated carbocycles. The summed E-state index contributed by atoms with van der Waals surface area (Å²) in [6, 6.07) is -1.22. The number of hydrogen-bond donors (Lipinski definition) is 5. The lowest BCUT2D eigenvalue weighted by Crippen LogP contribution is -2.56. The Balaban J connectivity index is 0.00000434. The van der Waals surface area contributed by atoms with Crippen LogP contribution in [-0.4, -0.2) is 153 Å². The summed E-state index contributed by atoms with van der Waals surface area (Å²) in [5.41, 5.74) is -1.18. The third-order valence-corrected chi connectivity index (χ3v) is 5.89. The van der Waals surface area contributed by atoms with Crippen LogP contribution in [0.15, 0.2) is 0 Å². The monoisotopic (exact) mass is 548 g/mol. The topological polar surface area (TPSA) is 199 Å². The quantitative estimate of drug-likeness (QED) is 0.228. The van der Waals surface area contributed by atoms with Crippen molar-refractivity contribution in [3.63, 3.8) is 0 Å². The standard InChI is InChI=1S/C21H36N4O10.C3H8/c1-21(2,11-15(26)27)19(20(34)35)25-9-7-23(13-17(30)31)5-3-22(12-16(28)29)4-6-24(8-10-25)14-18(32)33;1-3-2/h19H,3-14H2,1-2H3,(H,26,27)(H,28,29)(H,30,31)(H,32,33)(H,34,35);3H2,1-2H3. The first-order chi connectivity index (χ1) is 17.6. The lowest BCUT2D eigenvalue weighted by atomic mass is 9.80. The van der Waals surface area contributed by atoms with Crippen molar-refractivity contribution >= 4 is 29.8 Å². The van der Waals surface area contributed by atoms with Gasteiger partial charge in [0, 0.05) is 57.8 Å². The number of carboxylic acid groups (broad SMARTS) is 5. The lowest BCUT2D eigenvalue weighted by Gasteiger charge is -2.41. The number of carboxylic acids is 5. The zero-order valence-electron chi connectivity index (χ0n) is 22.8. The largest absolute Gasteiger partial charge is 0.481 e. The van der Waals surface area contributed by atoms with Crippen LogP contribution in [0.3, 0.4) is 0 Å². The summed E-state index contributed by atoms with van der Waals surface area (Å²) in [7, 11) is 0. The predicted octanol–water partition coefficient (Wildman–Crippen LogP) is -0.168. The maximum atomic E-state index is 12.3. The van der Waals surface area contributed by atoms with Crippen molar-refractivity contribution in [3.05, 3.63) is 0 Å². The van der Waals surface area contributed by atoms with E-state index in [0.717, 1.165) is 0 Å². The van der Waals surface area contributed by atoms with Gasteiger partial charge in [0.1, 0.15) is 6.04 Å². The summed E-state index contributed by atoms with van der Waals surface area (Å²) < 4.78 is 0. The summed E-state index contributed by atoms with van der Waals surface area (Å²) >= 11 is 0. The van der Waals surface area contributed by atoms with Gasteiger partial charge in [-0.25, -0.2) is 0 Å². The molecule has 38 heavy (non-hydrogen) atoms. The van der Waals surface area contributed by atoms with Gasteiger partial charge in [0.2, 0.25) is 0 Å². The van der Waals surface area contributed by atoms with Crippen LogP contribution >= 0.6 is 0 Å². The average Bonchev–Trinajstić information content (AvgIpc) is 2.73. The van der Waals surface area contributed by atoms with E-state index in [4.69, 9.17) is 0 Å². The molecule has 220 valence electrons. The lowest BCUT2D eigenvalue weighted by molar-refractivity contribution is -0.152. The molecule has 0 aliphatic carbocycles. The van der Waals surface area contributed by atoms with E-state index < -0.39 is 47.7 Å². The van der Waals surface area contributed by atoms with Crippen molar-refractivity contribution in [2.24, 2.45) is 5.41 Å². The molecule has 0 bridgehead atoms. The third kappa shape index (κ3) is 14.8. The molecule has 1 aliphatic heterocycles. The van der Waals surface area contributed by atoms with Crippen LogP contribution in [-0.2, 0) is 24.0 Å². The fraction of sp³-hybridized carbons (Fsp3) is 0.792. The highest BCUT2D eigenvalue weighted by molar-refractivity contribution is 5.77. The Kier molecular flexibility index (Phi) is 16.3. The fourth-order valence-electron chi connectivity index (χ4n) is 4.33. The second-order valence-corrected chi connectivity index (χ2v) is 10.1. The minimum Gasteiger partial charge on any atom is -0.481 e. The molecule has 1 fully saturated rings. The summed E-state index contributed by atoms with van der Waals surface area (Å²) in [6.07, 6.45) is 0.836. The minimum atomic E-state index is -1.23. The highest BCUT2D eigenvalue weighted by atomic mass is 16.4. The van der Waals surface area contributed by atoms with Gasteiger partial charge >= 0.3 is 29.8 Å². The van der Waals surface area contributed by atoms with E-state index in [1.54, 1.807) is 19.6 Å². The Labute approximate surface area is 223 Å². The zero-order chi connectivity index (χ0) is 29.5. The molecule has 1 aliphatic rings. The van der Waals surface area contributed by atoms with E-state index in [2.05, 4.69) is 13.8 Å². The Morgan fingerprint density at radius 3 is 1.13 bits per heavy atom. The molecule has 1 saturated heterocycles. The van der Waals surface area contributed by atoms with Crippen LogP contribution < -0.4 is 0 Å². The highest BCUT2D eigenvalue weighted by Gasteiger charge is 2.41. The molecule has 0 aromatic carbocycles. The van der Waals surface area contributed by atoms with Gasteiger partial charge in [0.25, 0.3) is 0 Å². The first kappa shape index (κ1) is 35.2. The Hall–Kier alpha value is -2.81. The molecule has 0 spiro atoms. The van der Waals surface area contributed by atoms with Crippen molar-refractivity contribution in [2.45, 2.75) is 46.6 Å². The first-order valence-electron chi connectivity index (χ1n) is 12.6. The van der Waals surface area contributed by atoms with Crippen molar-refractivity contribution < 1.29 is 49.5 Å². The molecule has 0 aromatic heterocycles. The normalized spacial score (nSPS) is 18.2. The molecule has 0 radical (unpaired) electrons. The molecule has 0 amide bonds. The molecule has 1 rings (SSSR count). The highest BCUT2D eigenvalue weighted by Crippen LogP contribution is 2.30. The molecular weight excluding hydrogens is 504 g/mol. The summed E-state index contributed by atoms with van der Waals surface area (Å²) in [5, 5.41) is 47.1. The van der Waals surface area contributed by atoms with Crippen molar-refractivity contribution in [3.8, 4) is 0 Å². The van der Waals surface area contributed by atoms with Crippen molar-refractivity contribution in [2.75, 3.05) is 72.0 Å². The number of aliphatic carboxylic acids is 5. The van der Waals surface area contributed by atoms with Crippen LogP contribution in [0.1, 0.15) is 40.5 Å². The molecule has 14 nitrogen and oxygen atoms in total. The van der Waals surface area contributed by atoms with Crippen LogP contribution in [0.5, 0.6) is 0 Å². The second kappa shape index (κ2) is 17.7. The van der Waals surface area contributed by atoms with Crippen LogP contribution in [0.25, 0.3) is 0 Å². The summed E-state index contributed by atoms with van der Waals surface area (Å²) in [5.74, 6) is -5.65. The molecule has 1 atom stereocenters. The Bertz CT molecular complexity index is 760. The molecule has 1 unspecified atom stereocenters. The predicted molar refractivity (Wildman–Crippen MR) is 137 cm³/mol. The fourth-order valence-corrected chi connectivity index (χ4v) is 4.33. The van der Waals surface area contributed by atoms with Crippen LogP contribution in [0.4, 0.5) is 0 Å². The molecule has 5 N–H and O–H groups in total. The number of rotatable bonds is 11. The van der Waals surface area contributed by atoms with E-state index in [9.17, 15) is 49.5 Å². The molecule has 14 heteroatoms. The van der Waals surface area contributed by atoms with Crippen molar-refractivity contribution in [1.82, 2.24) is 19.6 Å². The molecule has 0 aromatic rings. The Morgan fingerprint density at radius 2 is 0.895 bits per heavy atom. The van der Waals surface area contributed by atoms with Crippen molar-refractivity contribution in [1.29, 1.82) is 0 Å². The van der Waals surface area contributed by atoms with Gasteiger partial charge in [-0.2, -0.15) is 0 Å². The van der Waals surface area contributed by atoms with Gasteiger partial charge in [-0.05, 0) is 0 Å². The second-order valence-electron chi connectivity index (χ2n) is 10.1. The zero-order valence-corrected chi connectivity index (χ0v) is 22.8. The number of hydrogen-bond acceptors (Lipinski definition) is 9. The van der Waals surface area contributed by atoms with Gasteiger partial charge in [-0.3, -0.25) is 43.6 Å². The number of nitrogens with zero attached hydrogens (tertiary/aromatic N) is 4. The smallest absolute Gasteiger partial charge is 0.321 e. The molecular formula is C24H44N4O10. The Morgan fingerprint density at radius 1 is 0.605 bits per heavy atom. The van der Waals surface area contributed by atoms with E-state index in [0.29, 0.717) is 0 Å². The van der Waals surface area contributed by atoms with Gasteiger partial charge < -0.3 is 25.5 Å². The summed E-state index contributed by atoms with van der Waals surface area (Å²) in [6.45, 7) is 7.63. The maximum absolute atomic E-state index is 12.3. The van der Waals surface area contributed by atoms with Gasteiger partial charge in [-0.1, -0.05) is 34.1 Å². The van der Waals surface area contributed by atoms with E-state index >= 15 is 0 Å². The summed E-state index contributed by atoms with van der Waals surface area (Å²) in [4.78, 5) is 63.9. The van der Waals surface area contributed by atoms with Gasteiger partial charge in [0.05, 0.1) is 26.1 Å². The van der Waals surface area contributed by atoms with Gasteiger partial charge in [-0.15, -0.1) is 0 Å². The van der Waals surface area contributed by atoms with E-state index in [1.807, 2.05) is 0 Å². The maximum Gasteiger partial charge on any atom is 0.321 e. The van der Waals surface area contributed by atoms with Crippen LogP contribution in [0.2, 0.25) is 0 Å². The molecule has 1 heterocycles. The average molecular weight is 549 g/mol. The minimum absolute atomic E-state index is 0.0904.